The second-order valence-electron chi connectivity index (χ2n) is 5.40. The van der Waals surface area contributed by atoms with Gasteiger partial charge >= 0.3 is 6.03 Å². The number of carbonyl (C=O) groups excluding carboxylic acids is 1. The first-order valence-corrected chi connectivity index (χ1v) is 7.64. The van der Waals surface area contributed by atoms with Gasteiger partial charge in [-0.3, -0.25) is 5.32 Å². The van der Waals surface area contributed by atoms with Crippen molar-refractivity contribution >= 4 is 11.8 Å². The number of amides is 2. The molecule has 3 N–H and O–H groups in total. The summed E-state index contributed by atoms with van der Waals surface area (Å²) in [4.78, 5) is 11.9. The molecule has 0 aliphatic carbocycles. The first-order valence-electron chi connectivity index (χ1n) is 7.64. The normalized spacial score (nSPS) is 13.4. The van der Waals surface area contributed by atoms with Crippen LogP contribution in [-0.2, 0) is 0 Å². The fraction of sp³-hybridized carbons (Fsp3) is 0.375. The number of aliphatic hydroxyl groups is 1. The van der Waals surface area contributed by atoms with E-state index < -0.39 is 29.3 Å². The Morgan fingerprint density at radius 2 is 2.00 bits per heavy atom. The number of aliphatic hydroxyl groups excluding tert-OH is 1. The number of carbonyl (C=O) groups is 1. The Balaban J connectivity index is 1.95. The van der Waals surface area contributed by atoms with Crippen LogP contribution >= 0.6 is 0 Å². The maximum absolute atomic E-state index is 13.6. The lowest BCUT2D eigenvalue weighted by molar-refractivity contribution is 0.166. The third kappa shape index (κ3) is 4.08. The molecule has 6 nitrogen and oxygen atoms in total. The van der Waals surface area contributed by atoms with Crippen LogP contribution in [-0.4, -0.2) is 27.5 Å². The van der Waals surface area contributed by atoms with E-state index in [1.165, 1.54) is 6.07 Å². The average molecular weight is 338 g/mol. The first-order chi connectivity index (χ1) is 11.4. The van der Waals surface area contributed by atoms with Crippen LogP contribution in [0.5, 0.6) is 0 Å². The minimum atomic E-state index is -1.49. The largest absolute Gasteiger partial charge is 0.386 e. The van der Waals surface area contributed by atoms with E-state index in [2.05, 4.69) is 15.7 Å². The molecule has 2 rings (SSSR count). The van der Waals surface area contributed by atoms with Crippen LogP contribution in [0.3, 0.4) is 0 Å². The number of anilines is 1. The Bertz CT molecular complexity index is 685. The standard InChI is InChI=1S/C16H20F2N4O2/c1-3-10(2)22-14(7-8-20-22)21-16(24)19-9-13(23)15-11(17)5-4-6-12(15)18/h4-8,10,13,23H,3,9H2,1-2H3,(H2,19,21,24). The number of nitrogens with one attached hydrogen (secondary N) is 2. The molecule has 8 heteroatoms. The first kappa shape index (κ1) is 17.9. The van der Waals surface area contributed by atoms with Crippen molar-refractivity contribution < 1.29 is 18.7 Å². The number of hydrogen-bond acceptors (Lipinski definition) is 3. The van der Waals surface area contributed by atoms with Gasteiger partial charge in [-0.15, -0.1) is 0 Å². The molecule has 2 aromatic rings. The van der Waals surface area contributed by atoms with Crippen LogP contribution < -0.4 is 10.6 Å². The summed E-state index contributed by atoms with van der Waals surface area (Å²) >= 11 is 0. The predicted octanol–water partition coefficient (Wildman–Crippen LogP) is 2.99. The number of hydrogen-bond donors (Lipinski definition) is 3. The smallest absolute Gasteiger partial charge is 0.320 e. The molecule has 0 spiro atoms. The summed E-state index contributed by atoms with van der Waals surface area (Å²) in [6, 6.07) is 4.44. The zero-order valence-electron chi connectivity index (χ0n) is 13.5. The van der Waals surface area contributed by atoms with Crippen LogP contribution in [0.2, 0.25) is 0 Å². The van der Waals surface area contributed by atoms with Gasteiger partial charge in [-0.1, -0.05) is 13.0 Å². The third-order valence-electron chi connectivity index (χ3n) is 3.71. The van der Waals surface area contributed by atoms with Gasteiger partial charge in [-0.25, -0.2) is 18.3 Å². The minimum absolute atomic E-state index is 0.105. The van der Waals surface area contributed by atoms with Crippen molar-refractivity contribution in [3.63, 3.8) is 0 Å². The quantitative estimate of drug-likeness (QED) is 0.757. The van der Waals surface area contributed by atoms with E-state index in [1.807, 2.05) is 13.8 Å². The van der Waals surface area contributed by atoms with Crippen molar-refractivity contribution in [1.29, 1.82) is 0 Å². The Kier molecular flexibility index (Phi) is 5.86. The molecular weight excluding hydrogens is 318 g/mol. The number of halogens is 2. The summed E-state index contributed by atoms with van der Waals surface area (Å²) in [7, 11) is 0. The molecule has 0 fully saturated rings. The molecule has 0 aliphatic heterocycles. The Morgan fingerprint density at radius 3 is 2.62 bits per heavy atom. The Labute approximate surface area is 138 Å². The van der Waals surface area contributed by atoms with Gasteiger partial charge in [0.05, 0.1) is 17.8 Å². The highest BCUT2D eigenvalue weighted by Gasteiger charge is 2.19. The topological polar surface area (TPSA) is 79.2 Å². The second kappa shape index (κ2) is 7.87. The van der Waals surface area contributed by atoms with Crippen molar-refractivity contribution in [3.8, 4) is 0 Å². The van der Waals surface area contributed by atoms with Crippen LogP contribution in [0.1, 0.15) is 38.0 Å². The van der Waals surface area contributed by atoms with E-state index >= 15 is 0 Å². The second-order valence-corrected chi connectivity index (χ2v) is 5.40. The van der Waals surface area contributed by atoms with Crippen molar-refractivity contribution in [2.45, 2.75) is 32.4 Å². The van der Waals surface area contributed by atoms with E-state index in [0.29, 0.717) is 5.82 Å². The van der Waals surface area contributed by atoms with Crippen molar-refractivity contribution in [2.75, 3.05) is 11.9 Å². The van der Waals surface area contributed by atoms with Gasteiger partial charge in [0.1, 0.15) is 23.6 Å². The van der Waals surface area contributed by atoms with Gasteiger partial charge < -0.3 is 10.4 Å². The highest BCUT2D eigenvalue weighted by atomic mass is 19.1. The summed E-state index contributed by atoms with van der Waals surface area (Å²) in [5, 5.41) is 19.0. The summed E-state index contributed by atoms with van der Waals surface area (Å²) in [5.41, 5.74) is -0.470. The van der Waals surface area contributed by atoms with E-state index in [1.54, 1.807) is 16.9 Å². The third-order valence-corrected chi connectivity index (χ3v) is 3.71. The van der Waals surface area contributed by atoms with Crippen molar-refractivity contribution in [1.82, 2.24) is 15.1 Å². The summed E-state index contributed by atoms with van der Waals surface area (Å²) in [6.07, 6.45) is 0.908. The van der Waals surface area contributed by atoms with Gasteiger partial charge in [0.25, 0.3) is 0 Å². The zero-order valence-corrected chi connectivity index (χ0v) is 13.5. The van der Waals surface area contributed by atoms with Crippen LogP contribution in [0.15, 0.2) is 30.5 Å². The van der Waals surface area contributed by atoms with Gasteiger partial charge in [0, 0.05) is 12.6 Å². The number of aromatic nitrogens is 2. The maximum atomic E-state index is 13.6. The molecule has 0 saturated heterocycles. The monoisotopic (exact) mass is 338 g/mol. The van der Waals surface area contributed by atoms with Crippen molar-refractivity contribution in [2.24, 2.45) is 0 Å². The van der Waals surface area contributed by atoms with Gasteiger partial charge in [0.2, 0.25) is 0 Å². The van der Waals surface area contributed by atoms with Crippen LogP contribution in [0.25, 0.3) is 0 Å². The molecule has 24 heavy (non-hydrogen) atoms. The lowest BCUT2D eigenvalue weighted by Gasteiger charge is -2.16. The van der Waals surface area contributed by atoms with E-state index in [9.17, 15) is 18.7 Å². The number of benzene rings is 1. The zero-order chi connectivity index (χ0) is 17.7. The van der Waals surface area contributed by atoms with Gasteiger partial charge in [-0.2, -0.15) is 5.10 Å². The summed E-state index contributed by atoms with van der Waals surface area (Å²) in [5.74, 6) is -1.23. The Morgan fingerprint density at radius 1 is 1.33 bits per heavy atom. The molecule has 1 aromatic carbocycles. The molecule has 0 aliphatic rings. The highest BCUT2D eigenvalue weighted by Crippen LogP contribution is 2.20. The van der Waals surface area contributed by atoms with E-state index in [4.69, 9.17) is 0 Å². The molecule has 2 atom stereocenters. The lowest BCUT2D eigenvalue weighted by Crippen LogP contribution is -2.33. The van der Waals surface area contributed by atoms with Crippen LogP contribution in [0, 0.1) is 11.6 Å². The number of urea groups is 1. The average Bonchev–Trinajstić information content (AvgIpc) is 3.00. The SMILES string of the molecule is CCC(C)n1nccc1NC(=O)NCC(O)c1c(F)cccc1F. The molecule has 0 bridgehead atoms. The fourth-order valence-electron chi connectivity index (χ4n) is 2.22. The number of nitrogens with zero attached hydrogens (tertiary/aromatic N) is 2. The molecular formula is C16H20F2N4O2. The minimum Gasteiger partial charge on any atom is -0.386 e. The summed E-state index contributed by atoms with van der Waals surface area (Å²) in [6.45, 7) is 3.62. The van der Waals surface area contributed by atoms with Crippen molar-refractivity contribution in [3.05, 3.63) is 47.7 Å². The molecule has 1 heterocycles. The Hall–Kier alpha value is -2.48. The molecule has 2 amide bonds. The molecule has 0 saturated carbocycles. The highest BCUT2D eigenvalue weighted by molar-refractivity contribution is 5.88. The predicted molar refractivity (Wildman–Crippen MR) is 85.6 cm³/mol. The molecule has 130 valence electrons. The molecule has 0 radical (unpaired) electrons. The van der Waals surface area contributed by atoms with Crippen LogP contribution in [0.4, 0.5) is 19.4 Å². The lowest BCUT2D eigenvalue weighted by atomic mass is 10.1. The molecule has 1 aromatic heterocycles. The van der Waals surface area contributed by atoms with Gasteiger partial charge in [0.15, 0.2) is 0 Å². The van der Waals surface area contributed by atoms with E-state index in [0.717, 1.165) is 18.6 Å². The fourth-order valence-corrected chi connectivity index (χ4v) is 2.22. The maximum Gasteiger partial charge on any atom is 0.320 e. The molecule has 2 unspecified atom stereocenters. The van der Waals surface area contributed by atoms with Gasteiger partial charge in [-0.05, 0) is 25.5 Å². The summed E-state index contributed by atoms with van der Waals surface area (Å²) < 4.78 is 28.8. The van der Waals surface area contributed by atoms with E-state index in [-0.39, 0.29) is 12.6 Å². The number of rotatable bonds is 6.